The summed E-state index contributed by atoms with van der Waals surface area (Å²) in [5.41, 5.74) is 1.99. The average molecular weight is 296 g/mol. The van der Waals surface area contributed by atoms with Crippen LogP contribution in [0.15, 0.2) is 30.3 Å². The maximum atomic E-state index is 12.3. The topological polar surface area (TPSA) is 89.1 Å². The molecule has 0 saturated heterocycles. The first-order valence-corrected chi connectivity index (χ1v) is 6.73. The number of aromatic nitrogens is 3. The molecule has 0 spiro atoms. The van der Waals surface area contributed by atoms with Crippen LogP contribution in [0.1, 0.15) is 16.1 Å². The van der Waals surface area contributed by atoms with Crippen LogP contribution in [0.5, 0.6) is 11.5 Å². The molecule has 2 N–H and O–H groups in total. The van der Waals surface area contributed by atoms with Crippen molar-refractivity contribution in [3.8, 4) is 11.5 Å². The van der Waals surface area contributed by atoms with Gasteiger partial charge in [-0.1, -0.05) is 0 Å². The van der Waals surface area contributed by atoms with Gasteiger partial charge in [-0.25, -0.2) is 4.98 Å². The van der Waals surface area contributed by atoms with Crippen molar-refractivity contribution < 1.29 is 14.3 Å². The predicted octanol–water partition coefficient (Wildman–Crippen LogP) is 2.25. The van der Waals surface area contributed by atoms with Crippen LogP contribution >= 0.6 is 0 Å². The summed E-state index contributed by atoms with van der Waals surface area (Å²) >= 11 is 0. The summed E-state index contributed by atoms with van der Waals surface area (Å²) in [5.74, 6) is 1.38. The number of carbonyl (C=O) groups is 1. The van der Waals surface area contributed by atoms with E-state index in [9.17, 15) is 4.79 Å². The van der Waals surface area contributed by atoms with E-state index < -0.39 is 0 Å². The zero-order chi connectivity index (χ0) is 15.1. The van der Waals surface area contributed by atoms with Gasteiger partial charge in [0.1, 0.15) is 0 Å². The van der Waals surface area contributed by atoms with Crippen molar-refractivity contribution in [3.05, 3.63) is 41.6 Å². The molecule has 7 heteroatoms. The Labute approximate surface area is 125 Å². The standard InChI is InChI=1S/C15H12N4O3/c1-8-2-4-10-13(16-8)18-19-14(10)17-15(20)9-3-5-11-12(6-9)22-7-21-11/h2-6H,7H2,1H3,(H2,16,17,18,19,20). The Bertz CT molecular complexity index is 888. The molecule has 2 aromatic heterocycles. The molecule has 110 valence electrons. The Balaban J connectivity index is 1.63. The number of aryl methyl sites for hydroxylation is 1. The maximum Gasteiger partial charge on any atom is 0.257 e. The Morgan fingerprint density at radius 2 is 2.09 bits per heavy atom. The van der Waals surface area contributed by atoms with Gasteiger partial charge in [-0.05, 0) is 37.3 Å². The minimum atomic E-state index is -0.271. The number of carbonyl (C=O) groups excluding carboxylic acids is 1. The van der Waals surface area contributed by atoms with Crippen molar-refractivity contribution in [1.82, 2.24) is 15.2 Å². The van der Waals surface area contributed by atoms with Gasteiger partial charge in [0.15, 0.2) is 23.0 Å². The van der Waals surface area contributed by atoms with E-state index in [2.05, 4.69) is 20.5 Å². The molecule has 1 aliphatic heterocycles. The quantitative estimate of drug-likeness (QED) is 0.757. The van der Waals surface area contributed by atoms with Crippen LogP contribution in [0.2, 0.25) is 0 Å². The SMILES string of the molecule is Cc1ccc2c(NC(=O)c3ccc4c(c3)OCO4)n[nH]c2n1. The summed E-state index contributed by atoms with van der Waals surface area (Å²) in [5, 5.41) is 10.4. The highest BCUT2D eigenvalue weighted by Crippen LogP contribution is 2.32. The highest BCUT2D eigenvalue weighted by Gasteiger charge is 2.17. The summed E-state index contributed by atoms with van der Waals surface area (Å²) in [7, 11) is 0. The van der Waals surface area contributed by atoms with Gasteiger partial charge in [0.25, 0.3) is 5.91 Å². The smallest absolute Gasteiger partial charge is 0.257 e. The third-order valence-corrected chi connectivity index (χ3v) is 3.43. The maximum absolute atomic E-state index is 12.3. The average Bonchev–Trinajstić information content (AvgIpc) is 3.13. The molecule has 0 saturated carbocycles. The van der Waals surface area contributed by atoms with Crippen molar-refractivity contribution in [2.24, 2.45) is 0 Å². The molecule has 0 aliphatic carbocycles. The summed E-state index contributed by atoms with van der Waals surface area (Å²) in [4.78, 5) is 16.7. The number of benzene rings is 1. The van der Waals surface area contributed by atoms with Gasteiger partial charge in [-0.3, -0.25) is 9.89 Å². The van der Waals surface area contributed by atoms with E-state index in [-0.39, 0.29) is 12.7 Å². The van der Waals surface area contributed by atoms with Crippen LogP contribution in [-0.2, 0) is 0 Å². The third kappa shape index (κ3) is 2.03. The van der Waals surface area contributed by atoms with E-state index in [4.69, 9.17) is 9.47 Å². The molecule has 1 amide bonds. The van der Waals surface area contributed by atoms with E-state index in [1.807, 2.05) is 19.1 Å². The first kappa shape index (κ1) is 12.6. The van der Waals surface area contributed by atoms with Gasteiger partial charge in [0, 0.05) is 11.3 Å². The molecule has 4 rings (SSSR count). The molecular weight excluding hydrogens is 284 g/mol. The summed E-state index contributed by atoms with van der Waals surface area (Å²) in [6.45, 7) is 2.07. The second-order valence-corrected chi connectivity index (χ2v) is 4.94. The Kier molecular flexibility index (Phi) is 2.72. The van der Waals surface area contributed by atoms with Gasteiger partial charge in [0.05, 0.1) is 5.39 Å². The van der Waals surface area contributed by atoms with Crippen molar-refractivity contribution >= 4 is 22.8 Å². The molecule has 3 heterocycles. The lowest BCUT2D eigenvalue weighted by atomic mass is 10.2. The molecule has 7 nitrogen and oxygen atoms in total. The third-order valence-electron chi connectivity index (χ3n) is 3.43. The molecule has 0 radical (unpaired) electrons. The molecule has 0 fully saturated rings. The molecule has 1 aliphatic rings. The number of rotatable bonds is 2. The van der Waals surface area contributed by atoms with Crippen LogP contribution in [0, 0.1) is 6.92 Å². The highest BCUT2D eigenvalue weighted by atomic mass is 16.7. The number of fused-ring (bicyclic) bond motifs is 2. The number of amides is 1. The van der Waals surface area contributed by atoms with E-state index in [0.29, 0.717) is 28.5 Å². The van der Waals surface area contributed by atoms with Crippen LogP contribution in [0.4, 0.5) is 5.82 Å². The van der Waals surface area contributed by atoms with E-state index >= 15 is 0 Å². The van der Waals surface area contributed by atoms with E-state index in [1.54, 1.807) is 18.2 Å². The summed E-state index contributed by atoms with van der Waals surface area (Å²) in [6.07, 6.45) is 0. The number of aromatic amines is 1. The van der Waals surface area contributed by atoms with E-state index in [0.717, 1.165) is 11.1 Å². The van der Waals surface area contributed by atoms with Crippen molar-refractivity contribution in [2.45, 2.75) is 6.92 Å². The Hall–Kier alpha value is -3.09. The number of ether oxygens (including phenoxy) is 2. The second kappa shape index (κ2) is 4.73. The molecule has 0 unspecified atom stereocenters. The van der Waals surface area contributed by atoms with Crippen LogP contribution < -0.4 is 14.8 Å². The zero-order valence-corrected chi connectivity index (χ0v) is 11.7. The Morgan fingerprint density at radius 1 is 1.23 bits per heavy atom. The molecule has 0 atom stereocenters. The van der Waals surface area contributed by atoms with Gasteiger partial charge in [-0.15, -0.1) is 0 Å². The second-order valence-electron chi connectivity index (χ2n) is 4.94. The number of nitrogens with zero attached hydrogens (tertiary/aromatic N) is 2. The first-order chi connectivity index (χ1) is 10.7. The van der Waals surface area contributed by atoms with Crippen LogP contribution in [0.25, 0.3) is 11.0 Å². The molecule has 22 heavy (non-hydrogen) atoms. The molecule has 3 aromatic rings. The number of nitrogens with one attached hydrogen (secondary N) is 2. The van der Waals surface area contributed by atoms with Crippen LogP contribution in [0.3, 0.4) is 0 Å². The number of hydrogen-bond acceptors (Lipinski definition) is 5. The van der Waals surface area contributed by atoms with Crippen molar-refractivity contribution in [3.63, 3.8) is 0 Å². The molecule has 0 bridgehead atoms. The number of pyridine rings is 1. The van der Waals surface area contributed by atoms with Crippen molar-refractivity contribution in [1.29, 1.82) is 0 Å². The highest BCUT2D eigenvalue weighted by molar-refractivity contribution is 6.07. The van der Waals surface area contributed by atoms with Gasteiger partial charge in [-0.2, -0.15) is 5.10 Å². The minimum absolute atomic E-state index is 0.176. The van der Waals surface area contributed by atoms with Crippen LogP contribution in [-0.4, -0.2) is 27.9 Å². The number of H-pyrrole nitrogens is 1. The van der Waals surface area contributed by atoms with Gasteiger partial charge in [0.2, 0.25) is 6.79 Å². The van der Waals surface area contributed by atoms with E-state index in [1.165, 1.54) is 0 Å². The largest absolute Gasteiger partial charge is 0.454 e. The lowest BCUT2D eigenvalue weighted by Gasteiger charge is -2.04. The Morgan fingerprint density at radius 3 is 3.00 bits per heavy atom. The fraction of sp³-hybridized carbons (Fsp3) is 0.133. The fourth-order valence-corrected chi connectivity index (χ4v) is 2.31. The summed E-state index contributed by atoms with van der Waals surface area (Å²) in [6, 6.07) is 8.78. The fourth-order valence-electron chi connectivity index (χ4n) is 2.31. The number of hydrogen-bond donors (Lipinski definition) is 2. The lowest BCUT2D eigenvalue weighted by Crippen LogP contribution is -2.12. The first-order valence-electron chi connectivity index (χ1n) is 6.73. The molecule has 1 aromatic carbocycles. The lowest BCUT2D eigenvalue weighted by molar-refractivity contribution is 0.102. The van der Waals surface area contributed by atoms with Gasteiger partial charge >= 0.3 is 0 Å². The number of anilines is 1. The van der Waals surface area contributed by atoms with Crippen molar-refractivity contribution in [2.75, 3.05) is 12.1 Å². The summed E-state index contributed by atoms with van der Waals surface area (Å²) < 4.78 is 10.5. The predicted molar refractivity (Wildman–Crippen MR) is 79.1 cm³/mol. The molecular formula is C15H12N4O3. The normalized spacial score (nSPS) is 12.6. The zero-order valence-electron chi connectivity index (χ0n) is 11.7. The monoisotopic (exact) mass is 296 g/mol. The van der Waals surface area contributed by atoms with Gasteiger partial charge < -0.3 is 14.8 Å². The minimum Gasteiger partial charge on any atom is -0.454 e.